The van der Waals surface area contributed by atoms with E-state index in [2.05, 4.69) is 28.7 Å². The third kappa shape index (κ3) is 5.25. The van der Waals surface area contributed by atoms with Gasteiger partial charge in [-0.05, 0) is 51.6 Å². The highest BCUT2D eigenvalue weighted by molar-refractivity contribution is 7.99. The summed E-state index contributed by atoms with van der Waals surface area (Å²) in [6.45, 7) is 8.04. The zero-order chi connectivity index (χ0) is 22.7. The zero-order valence-electron chi connectivity index (χ0n) is 18.5. The minimum absolute atomic E-state index is 0.0479. The molecule has 4 rings (SSSR count). The zero-order valence-corrected chi connectivity index (χ0v) is 20.1. The van der Waals surface area contributed by atoms with Crippen LogP contribution in [0, 0.1) is 6.92 Å². The number of anilines is 2. The van der Waals surface area contributed by atoms with Crippen molar-refractivity contribution in [3.05, 3.63) is 34.8 Å². The van der Waals surface area contributed by atoms with E-state index in [1.807, 2.05) is 18.2 Å². The molecule has 1 atom stereocenters. The average Bonchev–Trinajstić information content (AvgIpc) is 3.10. The lowest BCUT2D eigenvalue weighted by Crippen LogP contribution is -2.39. The number of methoxy groups -OCH3 is 1. The number of aryl methyl sites for hydroxylation is 1. The van der Waals surface area contributed by atoms with Gasteiger partial charge in [-0.2, -0.15) is 0 Å². The van der Waals surface area contributed by atoms with Gasteiger partial charge in [-0.15, -0.1) is 11.3 Å². The summed E-state index contributed by atoms with van der Waals surface area (Å²) in [5, 5.41) is 1.53. The Morgan fingerprint density at radius 2 is 1.88 bits per heavy atom. The summed E-state index contributed by atoms with van der Waals surface area (Å²) in [7, 11) is 1.66. The predicted molar refractivity (Wildman–Crippen MR) is 131 cm³/mol. The molecule has 0 amide bonds. The molecule has 1 unspecified atom stereocenters. The molecule has 4 N–H and O–H groups in total. The standard InChI is InChI=1S/C22H28N6O2S2/c1-13-20(14(2)32-22-25-18(23)12-19(24)26-22)27-21(31-13)15-5-6-16(29-3)17(11-15)30-10-9-28-7-4-8-28/h5-6,11-12,14H,4,7-10H2,1-3H3,(H4,23,24,25,26). The fourth-order valence-electron chi connectivity index (χ4n) is 3.45. The van der Waals surface area contributed by atoms with Gasteiger partial charge in [0.1, 0.15) is 23.3 Å². The molecule has 1 saturated heterocycles. The number of nitrogens with two attached hydrogens (primary N) is 2. The number of benzene rings is 1. The van der Waals surface area contributed by atoms with Crippen molar-refractivity contribution in [1.29, 1.82) is 0 Å². The molecule has 170 valence electrons. The van der Waals surface area contributed by atoms with Crippen molar-refractivity contribution in [3.63, 3.8) is 0 Å². The molecule has 8 nitrogen and oxygen atoms in total. The molecule has 0 spiro atoms. The SMILES string of the molecule is COc1ccc(-c2nc(C(C)Sc3nc(N)cc(N)n3)c(C)s2)cc1OCCN1CCC1. The van der Waals surface area contributed by atoms with E-state index in [-0.39, 0.29) is 5.25 Å². The first-order valence-electron chi connectivity index (χ1n) is 10.5. The van der Waals surface area contributed by atoms with Gasteiger partial charge in [0.2, 0.25) is 0 Å². The molecule has 3 heterocycles. The van der Waals surface area contributed by atoms with Crippen molar-refractivity contribution < 1.29 is 9.47 Å². The number of thioether (sulfide) groups is 1. The van der Waals surface area contributed by atoms with Crippen LogP contribution < -0.4 is 20.9 Å². The fraction of sp³-hybridized carbons (Fsp3) is 0.409. The molecule has 0 bridgehead atoms. The van der Waals surface area contributed by atoms with E-state index in [0.717, 1.165) is 52.3 Å². The number of nitrogens with zero attached hydrogens (tertiary/aromatic N) is 4. The van der Waals surface area contributed by atoms with Crippen LogP contribution in [0.2, 0.25) is 0 Å². The molecule has 0 radical (unpaired) electrons. The van der Waals surface area contributed by atoms with Gasteiger partial charge in [-0.3, -0.25) is 4.90 Å². The van der Waals surface area contributed by atoms with Crippen molar-refractivity contribution in [2.45, 2.75) is 30.7 Å². The van der Waals surface area contributed by atoms with Gasteiger partial charge in [-0.25, -0.2) is 15.0 Å². The number of likely N-dealkylation sites (tertiary alicyclic amines) is 1. The molecule has 0 saturated carbocycles. The summed E-state index contributed by atoms with van der Waals surface area (Å²) in [4.78, 5) is 17.0. The van der Waals surface area contributed by atoms with Crippen LogP contribution in [0.15, 0.2) is 29.4 Å². The Morgan fingerprint density at radius 1 is 1.12 bits per heavy atom. The van der Waals surface area contributed by atoms with E-state index in [9.17, 15) is 0 Å². The maximum absolute atomic E-state index is 6.05. The summed E-state index contributed by atoms with van der Waals surface area (Å²) in [5.41, 5.74) is 13.6. The number of nitrogen functional groups attached to an aromatic ring is 2. The molecular weight excluding hydrogens is 444 g/mol. The number of ether oxygens (including phenoxy) is 2. The molecule has 1 fully saturated rings. The van der Waals surface area contributed by atoms with Gasteiger partial charge in [0.05, 0.1) is 18.1 Å². The average molecular weight is 473 g/mol. The number of rotatable bonds is 9. The summed E-state index contributed by atoms with van der Waals surface area (Å²) >= 11 is 3.15. The van der Waals surface area contributed by atoms with Crippen LogP contribution in [0.3, 0.4) is 0 Å². The summed E-state index contributed by atoms with van der Waals surface area (Å²) in [5.74, 6) is 2.20. The van der Waals surface area contributed by atoms with Crippen molar-refractivity contribution in [1.82, 2.24) is 19.9 Å². The molecular formula is C22H28N6O2S2. The molecule has 1 aliphatic rings. The van der Waals surface area contributed by atoms with Gasteiger partial charge < -0.3 is 20.9 Å². The van der Waals surface area contributed by atoms with E-state index < -0.39 is 0 Å². The van der Waals surface area contributed by atoms with Crippen molar-refractivity contribution in [2.24, 2.45) is 0 Å². The highest BCUT2D eigenvalue weighted by Gasteiger charge is 2.19. The van der Waals surface area contributed by atoms with Crippen LogP contribution >= 0.6 is 23.1 Å². The lowest BCUT2D eigenvalue weighted by molar-refractivity contribution is 0.145. The minimum atomic E-state index is 0.0479. The highest BCUT2D eigenvalue weighted by atomic mass is 32.2. The first-order valence-corrected chi connectivity index (χ1v) is 12.2. The second-order valence-electron chi connectivity index (χ2n) is 7.63. The van der Waals surface area contributed by atoms with Gasteiger partial charge in [0.25, 0.3) is 0 Å². The number of hydrogen-bond donors (Lipinski definition) is 2. The van der Waals surface area contributed by atoms with Crippen LogP contribution in [0.25, 0.3) is 10.6 Å². The monoisotopic (exact) mass is 472 g/mol. The first kappa shape index (κ1) is 22.6. The Labute approximate surface area is 196 Å². The second-order valence-corrected chi connectivity index (χ2v) is 10.1. The van der Waals surface area contributed by atoms with E-state index in [1.165, 1.54) is 18.2 Å². The molecule has 2 aromatic heterocycles. The van der Waals surface area contributed by atoms with Gasteiger partial charge in [-0.1, -0.05) is 11.8 Å². The van der Waals surface area contributed by atoms with Crippen molar-refractivity contribution >= 4 is 34.7 Å². The third-order valence-corrected chi connectivity index (χ3v) is 7.28. The summed E-state index contributed by atoms with van der Waals surface area (Å²) < 4.78 is 11.5. The second kappa shape index (κ2) is 9.93. The minimum Gasteiger partial charge on any atom is -0.493 e. The fourth-order valence-corrected chi connectivity index (χ4v) is 5.50. The van der Waals surface area contributed by atoms with E-state index in [0.29, 0.717) is 23.4 Å². The van der Waals surface area contributed by atoms with Crippen LogP contribution in [0.5, 0.6) is 11.5 Å². The van der Waals surface area contributed by atoms with Crippen LogP contribution in [-0.2, 0) is 0 Å². The third-order valence-electron chi connectivity index (χ3n) is 5.27. The molecule has 3 aromatic rings. The number of aromatic nitrogens is 3. The molecule has 1 aromatic carbocycles. The van der Waals surface area contributed by atoms with Crippen molar-refractivity contribution in [3.8, 4) is 22.1 Å². The van der Waals surface area contributed by atoms with Gasteiger partial charge in [0.15, 0.2) is 16.7 Å². The quantitative estimate of drug-likeness (QED) is 0.352. The molecule has 1 aliphatic heterocycles. The van der Waals surface area contributed by atoms with Gasteiger partial charge in [0, 0.05) is 23.1 Å². The topological polar surface area (TPSA) is 112 Å². The lowest BCUT2D eigenvalue weighted by atomic mass is 10.2. The van der Waals surface area contributed by atoms with E-state index >= 15 is 0 Å². The summed E-state index contributed by atoms with van der Waals surface area (Å²) in [6, 6.07) is 7.51. The maximum atomic E-state index is 6.05. The van der Waals surface area contributed by atoms with Crippen LogP contribution in [-0.4, -0.2) is 53.2 Å². The van der Waals surface area contributed by atoms with E-state index in [4.69, 9.17) is 25.9 Å². The Bertz CT molecular complexity index is 1070. The number of hydrogen-bond acceptors (Lipinski definition) is 10. The molecule has 0 aliphatic carbocycles. The Morgan fingerprint density at radius 3 is 2.53 bits per heavy atom. The number of thiazole rings is 1. The highest BCUT2D eigenvalue weighted by Crippen LogP contribution is 2.40. The van der Waals surface area contributed by atoms with Crippen LogP contribution in [0.4, 0.5) is 11.6 Å². The Balaban J connectivity index is 1.51. The molecule has 32 heavy (non-hydrogen) atoms. The largest absolute Gasteiger partial charge is 0.493 e. The van der Waals surface area contributed by atoms with Crippen LogP contribution in [0.1, 0.15) is 29.2 Å². The first-order chi connectivity index (χ1) is 15.4. The van der Waals surface area contributed by atoms with E-state index in [1.54, 1.807) is 24.5 Å². The Kier molecular flexibility index (Phi) is 7.02. The van der Waals surface area contributed by atoms with Gasteiger partial charge >= 0.3 is 0 Å². The molecule has 10 heteroatoms. The predicted octanol–water partition coefficient (Wildman–Crippen LogP) is 4.02. The lowest BCUT2D eigenvalue weighted by Gasteiger charge is -2.30. The summed E-state index contributed by atoms with van der Waals surface area (Å²) in [6.07, 6.45) is 1.28. The normalized spacial score (nSPS) is 14.7. The smallest absolute Gasteiger partial charge is 0.192 e. The van der Waals surface area contributed by atoms with Crippen molar-refractivity contribution in [2.75, 3.05) is 44.8 Å². The maximum Gasteiger partial charge on any atom is 0.192 e. The Hall–Kier alpha value is -2.56.